The average molecular weight is 438 g/mol. The summed E-state index contributed by atoms with van der Waals surface area (Å²) in [5.41, 5.74) is 3.58. The smallest absolute Gasteiger partial charge is 0.331 e. The maximum Gasteiger partial charge on any atom is 0.331 e. The van der Waals surface area contributed by atoms with Crippen molar-refractivity contribution in [1.82, 2.24) is 10.3 Å². The zero-order chi connectivity index (χ0) is 23.3. The van der Waals surface area contributed by atoms with Gasteiger partial charge in [0.1, 0.15) is 0 Å². The third-order valence-electron chi connectivity index (χ3n) is 5.31. The number of aromatic nitrogens is 1. The van der Waals surface area contributed by atoms with E-state index in [2.05, 4.69) is 17.2 Å². The highest BCUT2D eigenvalue weighted by atomic mass is 16.4. The summed E-state index contributed by atoms with van der Waals surface area (Å²) in [6.45, 7) is 4.82. The molecule has 2 rings (SSSR count). The minimum atomic E-state index is -0.897. The number of anilines is 1. The van der Waals surface area contributed by atoms with E-state index >= 15 is 0 Å². The summed E-state index contributed by atoms with van der Waals surface area (Å²) in [6, 6.07) is 11.3. The van der Waals surface area contributed by atoms with Crippen LogP contribution in [-0.2, 0) is 4.79 Å². The van der Waals surface area contributed by atoms with Gasteiger partial charge in [0, 0.05) is 36.6 Å². The highest BCUT2D eigenvalue weighted by Crippen LogP contribution is 2.23. The number of urea groups is 1. The quantitative estimate of drug-likeness (QED) is 0.309. The van der Waals surface area contributed by atoms with Crippen molar-refractivity contribution in [2.45, 2.75) is 58.8 Å². The number of pyridine rings is 1. The summed E-state index contributed by atoms with van der Waals surface area (Å²) in [5, 5.41) is 12.3. The first kappa shape index (κ1) is 25.1. The molecule has 0 aliphatic heterocycles. The zero-order valence-corrected chi connectivity index (χ0v) is 19.4. The second-order valence-corrected chi connectivity index (χ2v) is 7.96. The second kappa shape index (κ2) is 13.3. The van der Waals surface area contributed by atoms with Crippen molar-refractivity contribution < 1.29 is 14.7 Å². The number of carboxylic acids is 1. The maximum atomic E-state index is 12.5. The van der Waals surface area contributed by atoms with E-state index in [4.69, 9.17) is 0 Å². The topological polar surface area (TPSA) is 82.5 Å². The molecule has 0 aliphatic carbocycles. The number of hydrogen-bond donors (Lipinski definition) is 2. The molecule has 6 nitrogen and oxygen atoms in total. The van der Waals surface area contributed by atoms with Crippen LogP contribution in [0.3, 0.4) is 0 Å². The maximum absolute atomic E-state index is 12.5. The molecule has 0 bridgehead atoms. The standard InChI is InChI=1S/C26H35N3O3/c1-4-6-7-8-9-16-27-26(32)29(3)23-13-10-12-21(18-23)24-15-14-20(19-28-24)17-22(11-5-2)25(30)31/h10,12-15,17-19H,4-9,11,16H2,1-3H3,(H,27,32)(H,30,31)/b22-17+. The molecule has 0 saturated heterocycles. The lowest BCUT2D eigenvalue weighted by molar-refractivity contribution is -0.132. The number of hydrogen-bond acceptors (Lipinski definition) is 3. The molecular weight excluding hydrogens is 402 g/mol. The van der Waals surface area contributed by atoms with Crippen molar-refractivity contribution in [3.63, 3.8) is 0 Å². The Morgan fingerprint density at radius 3 is 2.50 bits per heavy atom. The highest BCUT2D eigenvalue weighted by Gasteiger charge is 2.12. The van der Waals surface area contributed by atoms with Gasteiger partial charge in [-0.15, -0.1) is 0 Å². The Hall–Kier alpha value is -3.15. The average Bonchev–Trinajstić information content (AvgIpc) is 2.81. The lowest BCUT2D eigenvalue weighted by atomic mass is 10.1. The Morgan fingerprint density at radius 2 is 1.84 bits per heavy atom. The molecule has 0 saturated carbocycles. The number of carboxylic acid groups (broad SMARTS) is 1. The number of aliphatic carboxylic acids is 1. The molecule has 0 aliphatic rings. The van der Waals surface area contributed by atoms with Crippen LogP contribution >= 0.6 is 0 Å². The molecule has 1 aromatic heterocycles. The van der Waals surface area contributed by atoms with E-state index in [0.29, 0.717) is 18.5 Å². The Balaban J connectivity index is 2.03. The summed E-state index contributed by atoms with van der Waals surface area (Å²) in [5.74, 6) is -0.897. The Bertz CT molecular complexity index is 907. The summed E-state index contributed by atoms with van der Waals surface area (Å²) < 4.78 is 0. The van der Waals surface area contributed by atoms with Gasteiger partial charge in [-0.1, -0.05) is 64.2 Å². The molecule has 2 amide bonds. The van der Waals surface area contributed by atoms with Gasteiger partial charge in [0.05, 0.1) is 5.69 Å². The summed E-state index contributed by atoms with van der Waals surface area (Å²) in [4.78, 5) is 29.9. The van der Waals surface area contributed by atoms with Crippen molar-refractivity contribution in [2.75, 3.05) is 18.5 Å². The number of nitrogens with one attached hydrogen (secondary N) is 1. The normalized spacial score (nSPS) is 11.3. The second-order valence-electron chi connectivity index (χ2n) is 7.96. The minimum absolute atomic E-state index is 0.122. The van der Waals surface area contributed by atoms with E-state index in [1.54, 1.807) is 24.2 Å². The molecule has 32 heavy (non-hydrogen) atoms. The van der Waals surface area contributed by atoms with Gasteiger partial charge < -0.3 is 10.4 Å². The minimum Gasteiger partial charge on any atom is -0.478 e. The van der Waals surface area contributed by atoms with E-state index in [1.165, 1.54) is 19.3 Å². The number of amides is 2. The summed E-state index contributed by atoms with van der Waals surface area (Å²) >= 11 is 0. The fraction of sp³-hybridized carbons (Fsp3) is 0.423. The zero-order valence-electron chi connectivity index (χ0n) is 19.4. The lowest BCUT2D eigenvalue weighted by Crippen LogP contribution is -2.37. The molecule has 0 fully saturated rings. The highest BCUT2D eigenvalue weighted by molar-refractivity contribution is 5.92. The fourth-order valence-electron chi connectivity index (χ4n) is 3.41. The number of benzene rings is 1. The van der Waals surface area contributed by atoms with Gasteiger partial charge in [0.25, 0.3) is 0 Å². The predicted octanol–water partition coefficient (Wildman–Crippen LogP) is 6.13. The van der Waals surface area contributed by atoms with Crippen molar-refractivity contribution >= 4 is 23.8 Å². The molecule has 6 heteroatoms. The van der Waals surface area contributed by atoms with E-state index in [-0.39, 0.29) is 6.03 Å². The van der Waals surface area contributed by atoms with Crippen LogP contribution in [0.5, 0.6) is 0 Å². The molecule has 1 heterocycles. The molecule has 2 N–H and O–H groups in total. The first-order valence-electron chi connectivity index (χ1n) is 11.5. The van der Waals surface area contributed by atoms with E-state index in [1.807, 2.05) is 43.3 Å². The van der Waals surface area contributed by atoms with Gasteiger partial charge in [-0.05, 0) is 42.7 Å². The molecule has 0 spiro atoms. The Labute approximate surface area is 191 Å². The van der Waals surface area contributed by atoms with E-state index in [0.717, 1.165) is 41.8 Å². The fourth-order valence-corrected chi connectivity index (χ4v) is 3.41. The Kier molecular flexibility index (Phi) is 10.4. The number of carbonyl (C=O) groups is 2. The lowest BCUT2D eigenvalue weighted by Gasteiger charge is -2.19. The molecule has 0 atom stereocenters. The number of nitrogens with zero attached hydrogens (tertiary/aromatic N) is 2. The number of rotatable bonds is 12. The molecule has 2 aromatic rings. The summed E-state index contributed by atoms with van der Waals surface area (Å²) in [6.07, 6.45) is 10.4. The molecule has 1 aromatic carbocycles. The largest absolute Gasteiger partial charge is 0.478 e. The van der Waals surface area contributed by atoms with Gasteiger partial charge in [-0.2, -0.15) is 0 Å². The van der Waals surface area contributed by atoms with Gasteiger partial charge in [-0.25, -0.2) is 9.59 Å². The number of unbranched alkanes of at least 4 members (excludes halogenated alkanes) is 4. The van der Waals surface area contributed by atoms with Crippen LogP contribution in [0, 0.1) is 0 Å². The molecule has 172 valence electrons. The van der Waals surface area contributed by atoms with Crippen LogP contribution in [0.2, 0.25) is 0 Å². The van der Waals surface area contributed by atoms with Crippen LogP contribution < -0.4 is 10.2 Å². The Morgan fingerprint density at radius 1 is 1.06 bits per heavy atom. The van der Waals surface area contributed by atoms with Crippen LogP contribution in [0.4, 0.5) is 10.5 Å². The van der Waals surface area contributed by atoms with Crippen molar-refractivity contribution in [3.8, 4) is 11.3 Å². The van der Waals surface area contributed by atoms with Gasteiger partial charge in [-0.3, -0.25) is 9.88 Å². The molecule has 0 unspecified atom stereocenters. The third kappa shape index (κ3) is 7.84. The summed E-state index contributed by atoms with van der Waals surface area (Å²) in [7, 11) is 1.76. The van der Waals surface area contributed by atoms with E-state index in [9.17, 15) is 14.7 Å². The monoisotopic (exact) mass is 437 g/mol. The van der Waals surface area contributed by atoms with Crippen LogP contribution in [0.15, 0.2) is 48.2 Å². The SMILES string of the molecule is CCCCCCCNC(=O)N(C)c1cccc(-c2ccc(/C=C(\CCC)C(=O)O)cn2)c1. The molecular formula is C26H35N3O3. The van der Waals surface area contributed by atoms with Gasteiger partial charge in [0.15, 0.2) is 0 Å². The van der Waals surface area contributed by atoms with Crippen molar-refractivity contribution in [1.29, 1.82) is 0 Å². The van der Waals surface area contributed by atoms with Crippen LogP contribution in [-0.4, -0.2) is 35.7 Å². The first-order chi connectivity index (χ1) is 15.5. The predicted molar refractivity (Wildman–Crippen MR) is 131 cm³/mol. The van der Waals surface area contributed by atoms with Crippen molar-refractivity contribution in [2.24, 2.45) is 0 Å². The molecule has 0 radical (unpaired) electrons. The third-order valence-corrected chi connectivity index (χ3v) is 5.31. The van der Waals surface area contributed by atoms with E-state index < -0.39 is 5.97 Å². The first-order valence-corrected chi connectivity index (χ1v) is 11.5. The van der Waals surface area contributed by atoms with Crippen LogP contribution in [0.1, 0.15) is 64.4 Å². The number of carbonyl (C=O) groups excluding carboxylic acids is 1. The van der Waals surface area contributed by atoms with Crippen LogP contribution in [0.25, 0.3) is 17.3 Å². The van der Waals surface area contributed by atoms with Crippen molar-refractivity contribution in [3.05, 3.63) is 53.7 Å². The van der Waals surface area contributed by atoms with Gasteiger partial charge >= 0.3 is 12.0 Å². The van der Waals surface area contributed by atoms with Gasteiger partial charge in [0.2, 0.25) is 0 Å².